The summed E-state index contributed by atoms with van der Waals surface area (Å²) in [6.45, 7) is 21.1. The summed E-state index contributed by atoms with van der Waals surface area (Å²) in [5.41, 5.74) is 0.370. The van der Waals surface area contributed by atoms with Crippen LogP contribution in [0.25, 0.3) is 0 Å². The van der Waals surface area contributed by atoms with Gasteiger partial charge in [0.1, 0.15) is 0 Å². The molecule has 0 aromatic carbocycles. The second kappa shape index (κ2) is 10.8. The average Bonchev–Trinajstić information content (AvgIpc) is 2.56. The maximum atomic E-state index is 8.63. The molecule has 25 heavy (non-hydrogen) atoms. The van der Waals surface area contributed by atoms with Gasteiger partial charge in [-0.05, 0) is 44.4 Å². The quantitative estimate of drug-likeness (QED) is 0.609. The zero-order valence-electron chi connectivity index (χ0n) is 16.8. The van der Waals surface area contributed by atoms with E-state index in [1.165, 1.54) is 65.2 Å². The maximum Gasteiger partial charge on any atom is 0.0946 e. The lowest BCUT2D eigenvalue weighted by molar-refractivity contribution is -0.244. The predicted molar refractivity (Wildman–Crippen MR) is 103 cm³/mol. The summed E-state index contributed by atoms with van der Waals surface area (Å²) in [4.78, 5) is 14.7. The Morgan fingerprint density at radius 3 is 1.80 bits per heavy atom. The molecule has 6 heteroatoms. The third-order valence-corrected chi connectivity index (χ3v) is 5.29. The van der Waals surface area contributed by atoms with Gasteiger partial charge in [0, 0.05) is 52.4 Å². The first-order valence-corrected chi connectivity index (χ1v) is 10.1. The number of rotatable bonds is 4. The van der Waals surface area contributed by atoms with Crippen molar-refractivity contribution in [3.05, 3.63) is 0 Å². The van der Waals surface area contributed by atoms with Crippen LogP contribution in [0.1, 0.15) is 33.6 Å². The van der Waals surface area contributed by atoms with Crippen molar-refractivity contribution in [2.24, 2.45) is 5.41 Å². The Morgan fingerprint density at radius 1 is 0.720 bits per heavy atom. The Labute approximate surface area is 154 Å². The van der Waals surface area contributed by atoms with Gasteiger partial charge in [0.15, 0.2) is 0 Å². The molecule has 0 aromatic heterocycles. The van der Waals surface area contributed by atoms with Crippen molar-refractivity contribution in [2.45, 2.75) is 33.6 Å². The molecule has 2 bridgehead atoms. The topological polar surface area (TPSA) is 42.4 Å². The Bertz CT molecular complexity index is 362. The van der Waals surface area contributed by atoms with E-state index in [-0.39, 0.29) is 0 Å². The first kappa shape index (κ1) is 21.1. The van der Waals surface area contributed by atoms with E-state index in [1.807, 2.05) is 0 Å². The summed E-state index contributed by atoms with van der Waals surface area (Å²) in [6.07, 6.45) is 2.46. The van der Waals surface area contributed by atoms with Crippen LogP contribution >= 0.6 is 0 Å². The fourth-order valence-corrected chi connectivity index (χ4v) is 4.00. The molecular formula is C19H40N4O2. The molecule has 2 saturated heterocycles. The van der Waals surface area contributed by atoms with Crippen LogP contribution in [0.3, 0.4) is 0 Å². The van der Waals surface area contributed by atoms with Crippen molar-refractivity contribution < 1.29 is 10.1 Å². The van der Waals surface area contributed by atoms with Crippen LogP contribution in [0.2, 0.25) is 0 Å². The highest BCUT2D eigenvalue weighted by atomic mass is 17.1. The predicted octanol–water partition coefficient (Wildman–Crippen LogP) is 1.54. The van der Waals surface area contributed by atoms with Crippen LogP contribution in [0, 0.1) is 5.41 Å². The summed E-state index contributed by atoms with van der Waals surface area (Å²) in [6, 6.07) is 0. The van der Waals surface area contributed by atoms with Crippen LogP contribution in [0.5, 0.6) is 0 Å². The van der Waals surface area contributed by atoms with Crippen LogP contribution in [-0.2, 0) is 4.89 Å². The second-order valence-corrected chi connectivity index (χ2v) is 8.90. The van der Waals surface area contributed by atoms with E-state index in [0.717, 1.165) is 26.2 Å². The molecule has 1 N–H and O–H groups in total. The van der Waals surface area contributed by atoms with Crippen molar-refractivity contribution in [2.75, 3.05) is 85.1 Å². The fourth-order valence-electron chi connectivity index (χ4n) is 4.00. The summed E-state index contributed by atoms with van der Waals surface area (Å²) >= 11 is 0. The van der Waals surface area contributed by atoms with Crippen molar-refractivity contribution in [3.8, 4) is 0 Å². The third kappa shape index (κ3) is 8.80. The van der Waals surface area contributed by atoms with Crippen molar-refractivity contribution in [3.63, 3.8) is 0 Å². The van der Waals surface area contributed by atoms with Gasteiger partial charge in [-0.2, -0.15) is 0 Å². The molecular weight excluding hydrogens is 316 g/mol. The molecule has 148 valence electrons. The van der Waals surface area contributed by atoms with Crippen LogP contribution in [0.4, 0.5) is 0 Å². The molecule has 2 aliphatic heterocycles. The average molecular weight is 357 g/mol. The lowest BCUT2D eigenvalue weighted by Gasteiger charge is -2.37. The third-order valence-electron chi connectivity index (χ3n) is 5.29. The smallest absolute Gasteiger partial charge is 0.0946 e. The van der Waals surface area contributed by atoms with E-state index < -0.39 is 0 Å². The van der Waals surface area contributed by atoms with E-state index in [9.17, 15) is 0 Å². The van der Waals surface area contributed by atoms with Crippen LogP contribution < -0.4 is 0 Å². The molecule has 0 amide bonds. The van der Waals surface area contributed by atoms with Crippen LogP contribution in [0.15, 0.2) is 0 Å². The Kier molecular flexibility index (Phi) is 9.10. The zero-order valence-corrected chi connectivity index (χ0v) is 16.8. The first-order valence-electron chi connectivity index (χ1n) is 10.1. The van der Waals surface area contributed by atoms with Crippen LogP contribution in [-0.4, -0.2) is 110 Å². The highest BCUT2D eigenvalue weighted by Gasteiger charge is 2.20. The largest absolute Gasteiger partial charge is 0.301 e. The molecule has 0 spiro atoms. The monoisotopic (exact) mass is 356 g/mol. The van der Waals surface area contributed by atoms with Gasteiger partial charge in [0.05, 0.1) is 6.61 Å². The standard InChI is InChI=1S/C19H40N4O2/c1-19(2,3)18-23-9-5-7-20-10-11-21(14-15-23)6-4-8-22(13-12-20)16-17-25-24/h24H,4-18H2,1-3H3. The van der Waals surface area contributed by atoms with Gasteiger partial charge in [0.2, 0.25) is 0 Å². The van der Waals surface area contributed by atoms with Gasteiger partial charge >= 0.3 is 0 Å². The molecule has 2 unspecified atom stereocenters. The summed E-state index contributed by atoms with van der Waals surface area (Å²) in [5.74, 6) is 0. The SMILES string of the molecule is CC(C)(C)CN1CCCN2CCN(CCOO)CCCN(CC2)CC1. The minimum absolute atomic E-state index is 0.370. The molecule has 2 fully saturated rings. The highest BCUT2D eigenvalue weighted by Crippen LogP contribution is 2.16. The van der Waals surface area contributed by atoms with E-state index >= 15 is 0 Å². The maximum absolute atomic E-state index is 8.63. The van der Waals surface area contributed by atoms with E-state index in [1.54, 1.807) is 0 Å². The zero-order chi connectivity index (χ0) is 18.1. The molecule has 2 aliphatic rings. The van der Waals surface area contributed by atoms with Crippen molar-refractivity contribution in [1.29, 1.82) is 0 Å². The molecule has 2 heterocycles. The lowest BCUT2D eigenvalue weighted by Crippen LogP contribution is -2.48. The van der Waals surface area contributed by atoms with Gasteiger partial charge in [0.25, 0.3) is 0 Å². The molecule has 0 radical (unpaired) electrons. The minimum Gasteiger partial charge on any atom is -0.301 e. The molecule has 6 nitrogen and oxygen atoms in total. The first-order chi connectivity index (χ1) is 12.0. The van der Waals surface area contributed by atoms with E-state index in [2.05, 4.69) is 45.3 Å². The number of fused-ring (bicyclic) bond motifs is 3. The molecule has 2 rings (SSSR count). The fraction of sp³-hybridized carbons (Fsp3) is 1.00. The number of hydrogen-bond acceptors (Lipinski definition) is 6. The second-order valence-electron chi connectivity index (χ2n) is 8.90. The van der Waals surface area contributed by atoms with Gasteiger partial charge < -0.3 is 14.7 Å². The molecule has 0 aromatic rings. The highest BCUT2D eigenvalue weighted by molar-refractivity contribution is 4.76. The lowest BCUT2D eigenvalue weighted by atomic mass is 9.96. The van der Waals surface area contributed by atoms with Crippen molar-refractivity contribution in [1.82, 2.24) is 19.6 Å². The molecule has 2 atom stereocenters. The Morgan fingerprint density at radius 2 is 1.24 bits per heavy atom. The molecule has 0 aliphatic carbocycles. The van der Waals surface area contributed by atoms with E-state index in [0.29, 0.717) is 12.0 Å². The summed E-state index contributed by atoms with van der Waals surface area (Å²) < 4.78 is 0. The number of nitrogens with zero attached hydrogens (tertiary/aromatic N) is 4. The van der Waals surface area contributed by atoms with Crippen molar-refractivity contribution >= 4 is 0 Å². The molecule has 0 saturated carbocycles. The normalized spacial score (nSPS) is 28.8. The van der Waals surface area contributed by atoms with E-state index in [4.69, 9.17) is 5.26 Å². The van der Waals surface area contributed by atoms with Gasteiger partial charge in [-0.3, -0.25) is 10.2 Å². The minimum atomic E-state index is 0.370. The number of hydrogen-bond donors (Lipinski definition) is 1. The van der Waals surface area contributed by atoms with Gasteiger partial charge in [-0.15, -0.1) is 0 Å². The van der Waals surface area contributed by atoms with Gasteiger partial charge in [-0.1, -0.05) is 20.8 Å². The van der Waals surface area contributed by atoms with Gasteiger partial charge in [-0.25, -0.2) is 4.89 Å². The summed E-state index contributed by atoms with van der Waals surface area (Å²) in [5, 5.41) is 8.63. The Balaban J connectivity index is 1.93. The Hall–Kier alpha value is -0.240. The summed E-state index contributed by atoms with van der Waals surface area (Å²) in [7, 11) is 0.